The van der Waals surface area contributed by atoms with Crippen molar-refractivity contribution in [2.75, 3.05) is 83.1 Å². The molecule has 0 spiro atoms. The molecule has 3 aliphatic rings. The molecule has 2 aliphatic heterocycles. The maximum absolute atomic E-state index is 14.7. The average Bonchev–Trinajstić information content (AvgIpc) is 0.751. The van der Waals surface area contributed by atoms with Crippen LogP contribution in [-0.2, 0) is 52.0 Å². The third kappa shape index (κ3) is 19.9. The lowest BCUT2D eigenvalue weighted by atomic mass is 9.90. The molecular formula is C79H94N11O12S2+. The van der Waals surface area contributed by atoms with Crippen molar-refractivity contribution >= 4 is 71.8 Å². The summed E-state index contributed by atoms with van der Waals surface area (Å²) in [6.07, 6.45) is 1.18. The lowest BCUT2D eigenvalue weighted by Crippen LogP contribution is -2.51. The van der Waals surface area contributed by atoms with Crippen LogP contribution in [0.3, 0.4) is 0 Å². The number of fused-ring (bicyclic) bond motifs is 2. The molecule has 3 heterocycles. The second kappa shape index (κ2) is 35.8. The average molecular weight is 1450 g/mol. The quantitative estimate of drug-likeness (QED) is 0.0194. The van der Waals surface area contributed by atoms with Gasteiger partial charge in [-0.1, -0.05) is 128 Å². The summed E-state index contributed by atoms with van der Waals surface area (Å²) in [5.41, 5.74) is 7.75. The van der Waals surface area contributed by atoms with Crippen LogP contribution in [0.2, 0.25) is 0 Å². The highest BCUT2D eigenvalue weighted by molar-refractivity contribution is 7.90. The molecule has 5 amide bonds. The Balaban J connectivity index is 0.00000104. The molecule has 3 atom stereocenters. The molecule has 1 aliphatic carbocycles. The normalized spacial score (nSPS) is 13.4. The van der Waals surface area contributed by atoms with Crippen LogP contribution < -0.4 is 30.8 Å². The molecule has 25 heteroatoms. The molecule has 1 saturated heterocycles. The van der Waals surface area contributed by atoms with E-state index in [1.165, 1.54) is 33.6 Å². The highest BCUT2D eigenvalue weighted by Crippen LogP contribution is 2.42. The number of rotatable bonds is 29. The maximum atomic E-state index is 14.7. The maximum Gasteiger partial charge on any atom is 0.254 e. The summed E-state index contributed by atoms with van der Waals surface area (Å²) in [7, 11) is -6.96. The number of hydrogen-bond acceptors (Lipinski definition) is 15. The number of sulfonamides is 1. The van der Waals surface area contributed by atoms with E-state index in [-0.39, 0.29) is 93.5 Å². The second-order valence-electron chi connectivity index (χ2n) is 26.2. The number of anilines is 1. The van der Waals surface area contributed by atoms with Gasteiger partial charge in [-0.3, -0.25) is 28.8 Å². The Hall–Kier alpha value is -10.2. The van der Waals surface area contributed by atoms with Gasteiger partial charge in [0.15, 0.2) is 15.6 Å². The van der Waals surface area contributed by atoms with E-state index < -0.39 is 62.3 Å². The van der Waals surface area contributed by atoms with Gasteiger partial charge in [0.2, 0.25) is 39.0 Å². The highest BCUT2D eigenvalue weighted by Gasteiger charge is 2.32. The highest BCUT2D eigenvalue weighted by atomic mass is 32.2. The van der Waals surface area contributed by atoms with Crippen molar-refractivity contribution in [3.63, 3.8) is 0 Å². The van der Waals surface area contributed by atoms with Gasteiger partial charge in [-0.2, -0.15) is 4.31 Å². The summed E-state index contributed by atoms with van der Waals surface area (Å²) < 4.78 is 60.8. The van der Waals surface area contributed by atoms with Crippen LogP contribution in [-0.4, -0.2) is 177 Å². The summed E-state index contributed by atoms with van der Waals surface area (Å²) in [5.74, 6) is -1.79. The standard InChI is InChI=1S/C71H83N11O10S.C8H10O2S/c1-8-77(9-2)54-30-32-59-63(41-54)92-64-42-55(78(10-3)11-4)31-33-60(64)68(59)57-24-18-19-25-58(57)71(89)80-38-36-79(37-39-80)67(86)35-34-65(84)72-44-66(85)74-61(40-50-26-28-52(29-27-50)69(87)51-20-14-12-15-21-51)70(88)73-43-53-46-82(76-75-53)49(7)62(83)47-81(45-48(5)6)93(90,91)56-22-16-13-17-23-56;1-7-3-5-8(6-4-7)11(2,9)10/h12-33,41-42,46,48-49,61-62,83H,8-11,34-40,43-45,47H2,1-7H3,(H2-,72,73,74,84,85,88);3-6H,1-2H3/p+1/t49-,61-,62?;/m0./s1. The van der Waals surface area contributed by atoms with Gasteiger partial charge in [-0.15, -0.1) is 5.10 Å². The van der Waals surface area contributed by atoms with Gasteiger partial charge in [0.1, 0.15) is 36.2 Å². The molecule has 1 unspecified atom stereocenters. The Morgan fingerprint density at radius 2 is 1.30 bits per heavy atom. The van der Waals surface area contributed by atoms with Crippen LogP contribution in [0, 0.1) is 12.8 Å². The second-order valence-corrected chi connectivity index (χ2v) is 30.2. The number of carbonyl (C=O) groups is 6. The minimum absolute atomic E-state index is 0.00585. The topological polar surface area (TPSA) is 287 Å². The Morgan fingerprint density at radius 1 is 0.663 bits per heavy atom. The van der Waals surface area contributed by atoms with E-state index in [2.05, 4.69) is 99.8 Å². The minimum atomic E-state index is -3.94. The van der Waals surface area contributed by atoms with E-state index in [1.807, 2.05) is 51.1 Å². The van der Waals surface area contributed by atoms with Crippen molar-refractivity contribution in [3.8, 4) is 22.5 Å². The molecule has 0 bridgehead atoms. The van der Waals surface area contributed by atoms with E-state index in [1.54, 1.807) is 108 Å². The number of piperazine rings is 1. The van der Waals surface area contributed by atoms with Gasteiger partial charge in [0.05, 0.1) is 47.3 Å². The molecular weight excluding hydrogens is 1360 g/mol. The van der Waals surface area contributed by atoms with Gasteiger partial charge in [-0.05, 0) is 107 Å². The van der Waals surface area contributed by atoms with Crippen molar-refractivity contribution in [2.45, 2.75) is 109 Å². The molecule has 0 saturated carbocycles. The molecule has 6 aromatic carbocycles. The van der Waals surface area contributed by atoms with Gasteiger partial charge in [0, 0.05) is 129 Å². The number of nitrogens with one attached hydrogen (secondary N) is 3. The smallest absolute Gasteiger partial charge is 0.254 e. The van der Waals surface area contributed by atoms with E-state index in [4.69, 9.17) is 4.42 Å². The van der Waals surface area contributed by atoms with E-state index in [9.17, 15) is 50.7 Å². The number of nitrogens with zero attached hydrogens (tertiary/aromatic N) is 8. The number of aliphatic hydroxyl groups is 1. The molecule has 1 aromatic heterocycles. The van der Waals surface area contributed by atoms with Crippen molar-refractivity contribution in [2.24, 2.45) is 5.92 Å². The van der Waals surface area contributed by atoms with E-state index in [0.717, 1.165) is 64.9 Å². The lowest BCUT2D eigenvalue weighted by Gasteiger charge is -2.35. The fraction of sp³-hybridized carbons (Fsp3) is 0.354. The third-order valence-corrected chi connectivity index (χ3v) is 21.4. The monoisotopic (exact) mass is 1450 g/mol. The lowest BCUT2D eigenvalue weighted by molar-refractivity contribution is -0.135. The summed E-state index contributed by atoms with van der Waals surface area (Å²) in [6.45, 7) is 19.6. The van der Waals surface area contributed by atoms with Crippen molar-refractivity contribution in [1.82, 2.24) is 49.6 Å². The number of sulfone groups is 1. The third-order valence-electron chi connectivity index (χ3n) is 18.4. The van der Waals surface area contributed by atoms with Crippen molar-refractivity contribution < 1.29 is 55.1 Å². The number of amides is 5. The van der Waals surface area contributed by atoms with E-state index >= 15 is 0 Å². The number of carbonyl (C=O) groups excluding carboxylic acids is 6. The zero-order chi connectivity index (χ0) is 74.8. The molecule has 23 nitrogen and oxygen atoms in total. The summed E-state index contributed by atoms with van der Waals surface area (Å²) in [4.78, 5) is 88.5. The van der Waals surface area contributed by atoms with Gasteiger partial charge in [-0.25, -0.2) is 26.1 Å². The Morgan fingerprint density at radius 3 is 1.94 bits per heavy atom. The summed E-state index contributed by atoms with van der Waals surface area (Å²) >= 11 is 0. The number of benzene rings is 7. The van der Waals surface area contributed by atoms with Gasteiger partial charge in [0.25, 0.3) is 5.91 Å². The predicted molar refractivity (Wildman–Crippen MR) is 402 cm³/mol. The molecule has 10 rings (SSSR count). The van der Waals surface area contributed by atoms with Crippen molar-refractivity contribution in [3.05, 3.63) is 215 Å². The molecule has 548 valence electrons. The number of hydrogen-bond donors (Lipinski definition) is 4. The molecule has 0 radical (unpaired) electrons. The summed E-state index contributed by atoms with van der Waals surface area (Å²) in [5, 5.41) is 29.8. The van der Waals surface area contributed by atoms with Gasteiger partial charge < -0.3 is 40.2 Å². The zero-order valence-corrected chi connectivity index (χ0v) is 62.1. The van der Waals surface area contributed by atoms with Gasteiger partial charge >= 0.3 is 0 Å². The molecule has 7 aromatic rings. The van der Waals surface area contributed by atoms with E-state index in [0.29, 0.717) is 44.2 Å². The first kappa shape index (κ1) is 77.9. The van der Waals surface area contributed by atoms with Crippen LogP contribution in [0.1, 0.15) is 110 Å². The fourth-order valence-electron chi connectivity index (χ4n) is 12.5. The Kier molecular flexibility index (Phi) is 26.8. The van der Waals surface area contributed by atoms with Crippen LogP contribution in [0.25, 0.3) is 33.4 Å². The fourth-order valence-corrected chi connectivity index (χ4v) is 14.7. The van der Waals surface area contributed by atoms with Crippen LogP contribution in [0.5, 0.6) is 0 Å². The van der Waals surface area contributed by atoms with Crippen LogP contribution >= 0.6 is 0 Å². The first-order valence-corrected chi connectivity index (χ1v) is 38.6. The first-order valence-electron chi connectivity index (χ1n) is 35.2. The Bertz CT molecular complexity index is 4740. The van der Waals surface area contributed by atoms with Crippen molar-refractivity contribution in [1.29, 1.82) is 0 Å². The van der Waals surface area contributed by atoms with Crippen LogP contribution in [0.15, 0.2) is 190 Å². The minimum Gasteiger partial charge on any atom is -0.456 e. The zero-order valence-electron chi connectivity index (χ0n) is 60.5. The van der Waals surface area contributed by atoms with Crippen LogP contribution in [0.4, 0.5) is 5.69 Å². The Labute approximate surface area is 608 Å². The largest absolute Gasteiger partial charge is 0.456 e. The predicted octanol–water partition coefficient (Wildman–Crippen LogP) is 8.58. The summed E-state index contributed by atoms with van der Waals surface area (Å²) in [6, 6.07) is 48.5. The number of ketones is 1. The molecule has 104 heavy (non-hydrogen) atoms. The first-order chi connectivity index (χ1) is 49.8. The SMILES string of the molecule is CCN(CC)c1ccc2c(-c3ccccc3C(=O)N3CCN(C(=O)CCC(=O)NCC(=O)N[C@@H](Cc4ccc(C(=O)c5ccccc5)cc4)C(=O)NCc4cn([C@@H](C)C(O)CN(CC(C)C)S(=O)(=O)c5ccccc5)nn4)CC3)c3ccc(=[N+](CC)CC)cc-3oc2c1.Cc1ccc(S(C)(=O)=O)cc1. The number of aliphatic hydroxyl groups excluding tert-OH is 1. The number of aromatic nitrogens is 3. The number of aryl methyl sites for hydroxylation is 1. The molecule has 4 N–H and O–H groups in total. The molecule has 1 fully saturated rings.